The van der Waals surface area contributed by atoms with Crippen molar-refractivity contribution < 1.29 is 14.6 Å². The van der Waals surface area contributed by atoms with Crippen LogP contribution in [-0.4, -0.2) is 24.3 Å². The maximum Gasteiger partial charge on any atom is 0.305 e. The summed E-state index contributed by atoms with van der Waals surface area (Å²) < 4.78 is 4.57. The first-order valence-corrected chi connectivity index (χ1v) is 4.54. The molecular weight excluding hydrogens is 168 g/mol. The molecule has 0 heterocycles. The van der Waals surface area contributed by atoms with E-state index in [4.69, 9.17) is 0 Å². The molecule has 74 valence electrons. The van der Waals surface area contributed by atoms with E-state index in [1.54, 1.807) is 0 Å². The molecule has 0 saturated carbocycles. The lowest BCUT2D eigenvalue weighted by atomic mass is 9.85. The van der Waals surface area contributed by atoms with Crippen LogP contribution >= 0.6 is 0 Å². The smallest absolute Gasteiger partial charge is 0.305 e. The van der Waals surface area contributed by atoms with Crippen molar-refractivity contribution in [1.29, 1.82) is 0 Å². The van der Waals surface area contributed by atoms with Gasteiger partial charge in [-0.2, -0.15) is 0 Å². The number of carbonyl (C=O) groups excluding carboxylic acids is 1. The third-order valence-corrected chi connectivity index (χ3v) is 2.49. The van der Waals surface area contributed by atoms with Crippen molar-refractivity contribution in [3.8, 4) is 0 Å². The number of aliphatic hydroxyl groups excluding tert-OH is 1. The zero-order valence-electron chi connectivity index (χ0n) is 8.12. The molecule has 1 aliphatic rings. The van der Waals surface area contributed by atoms with Crippen molar-refractivity contribution in [2.75, 3.05) is 7.11 Å². The van der Waals surface area contributed by atoms with E-state index < -0.39 is 0 Å². The molecule has 0 spiro atoms. The summed E-state index contributed by atoms with van der Waals surface area (Å²) in [6.07, 6.45) is 3.42. The van der Waals surface area contributed by atoms with Crippen molar-refractivity contribution in [1.82, 2.24) is 0 Å². The zero-order chi connectivity index (χ0) is 9.84. The number of carbonyl (C=O) groups is 1. The van der Waals surface area contributed by atoms with E-state index in [2.05, 4.69) is 4.74 Å². The van der Waals surface area contributed by atoms with Gasteiger partial charge in [-0.15, -0.1) is 0 Å². The average Bonchev–Trinajstić information content (AvgIpc) is 2.11. The van der Waals surface area contributed by atoms with Gasteiger partial charge in [-0.25, -0.2) is 0 Å². The highest BCUT2D eigenvalue weighted by atomic mass is 16.5. The van der Waals surface area contributed by atoms with Gasteiger partial charge in [0.05, 0.1) is 19.6 Å². The van der Waals surface area contributed by atoms with Gasteiger partial charge in [0.25, 0.3) is 0 Å². The molecule has 0 amide bonds. The minimum atomic E-state index is -0.386. The number of aliphatic hydroxyl groups is 1. The third kappa shape index (κ3) is 2.84. The van der Waals surface area contributed by atoms with Gasteiger partial charge in [-0.3, -0.25) is 4.79 Å². The summed E-state index contributed by atoms with van der Waals surface area (Å²) in [5, 5.41) is 9.58. The van der Waals surface area contributed by atoms with E-state index >= 15 is 0 Å². The molecular formula is C10H16O3. The number of rotatable bonds is 2. The molecule has 1 N–H and O–H groups in total. The average molecular weight is 184 g/mol. The number of ether oxygens (including phenoxy) is 1. The van der Waals surface area contributed by atoms with Crippen LogP contribution in [0.5, 0.6) is 0 Å². The fraction of sp³-hybridized carbons (Fsp3) is 0.700. The first-order chi connectivity index (χ1) is 6.13. The predicted molar refractivity (Wildman–Crippen MR) is 49.1 cm³/mol. The fourth-order valence-corrected chi connectivity index (χ4v) is 1.65. The number of esters is 1. The second kappa shape index (κ2) is 4.42. The minimum absolute atomic E-state index is 0.0393. The lowest BCUT2D eigenvalue weighted by molar-refractivity contribution is -0.142. The Labute approximate surface area is 78.4 Å². The van der Waals surface area contributed by atoms with Crippen LogP contribution in [0.4, 0.5) is 0 Å². The van der Waals surface area contributed by atoms with Crippen LogP contribution in [0.3, 0.4) is 0 Å². The molecule has 0 aromatic carbocycles. The number of allylic oxidation sites excluding steroid dienone is 1. The highest BCUT2D eigenvalue weighted by Crippen LogP contribution is 2.26. The zero-order valence-corrected chi connectivity index (χ0v) is 8.12. The molecule has 3 nitrogen and oxygen atoms in total. The molecule has 1 rings (SSSR count). The highest BCUT2D eigenvalue weighted by Gasteiger charge is 2.25. The molecule has 3 heteroatoms. The van der Waals surface area contributed by atoms with Gasteiger partial charge < -0.3 is 9.84 Å². The van der Waals surface area contributed by atoms with Crippen LogP contribution in [0, 0.1) is 5.92 Å². The largest absolute Gasteiger partial charge is 0.469 e. The Morgan fingerprint density at radius 3 is 3.08 bits per heavy atom. The maximum atomic E-state index is 11.0. The molecule has 0 aromatic heterocycles. The molecule has 0 saturated heterocycles. The maximum absolute atomic E-state index is 11.0. The van der Waals surface area contributed by atoms with E-state index in [0.29, 0.717) is 12.8 Å². The quantitative estimate of drug-likeness (QED) is 0.519. The van der Waals surface area contributed by atoms with Crippen molar-refractivity contribution in [3.63, 3.8) is 0 Å². The lowest BCUT2D eigenvalue weighted by Crippen LogP contribution is -2.26. The molecule has 0 bridgehead atoms. The van der Waals surface area contributed by atoms with Crippen LogP contribution < -0.4 is 0 Å². The fourth-order valence-electron chi connectivity index (χ4n) is 1.65. The van der Waals surface area contributed by atoms with E-state index in [1.165, 1.54) is 12.7 Å². The summed E-state index contributed by atoms with van der Waals surface area (Å²) in [6, 6.07) is 0. The molecule has 2 atom stereocenters. The van der Waals surface area contributed by atoms with Crippen LogP contribution in [-0.2, 0) is 9.53 Å². The summed E-state index contributed by atoms with van der Waals surface area (Å²) in [4.78, 5) is 11.0. The van der Waals surface area contributed by atoms with Gasteiger partial charge in [0.15, 0.2) is 0 Å². The Morgan fingerprint density at radius 1 is 1.77 bits per heavy atom. The van der Waals surface area contributed by atoms with Crippen LogP contribution in [0.15, 0.2) is 11.6 Å². The Kier molecular flexibility index (Phi) is 3.48. The van der Waals surface area contributed by atoms with Gasteiger partial charge in [0.1, 0.15) is 0 Å². The van der Waals surface area contributed by atoms with Crippen LogP contribution in [0.25, 0.3) is 0 Å². The number of methoxy groups -OCH3 is 1. The summed E-state index contributed by atoms with van der Waals surface area (Å²) in [5.74, 6) is -0.198. The number of hydrogen-bond acceptors (Lipinski definition) is 3. The molecule has 0 aromatic rings. The monoisotopic (exact) mass is 184 g/mol. The normalized spacial score (nSPS) is 28.1. The van der Waals surface area contributed by atoms with Crippen molar-refractivity contribution in [3.05, 3.63) is 11.6 Å². The Balaban J connectivity index is 2.50. The first kappa shape index (κ1) is 10.3. The molecule has 0 unspecified atom stereocenters. The molecule has 1 aliphatic carbocycles. The third-order valence-electron chi connectivity index (χ3n) is 2.49. The van der Waals surface area contributed by atoms with E-state index in [1.807, 2.05) is 13.0 Å². The SMILES string of the molecule is COC(=O)C[C@@H]1CC(C)=CC[C@H]1O. The predicted octanol–water partition coefficient (Wildman–Crippen LogP) is 1.27. The van der Waals surface area contributed by atoms with Crippen LogP contribution in [0.1, 0.15) is 26.2 Å². The van der Waals surface area contributed by atoms with Crippen molar-refractivity contribution in [2.24, 2.45) is 5.92 Å². The lowest BCUT2D eigenvalue weighted by Gasteiger charge is -2.25. The highest BCUT2D eigenvalue weighted by molar-refractivity contribution is 5.69. The topological polar surface area (TPSA) is 46.5 Å². The van der Waals surface area contributed by atoms with Gasteiger partial charge in [-0.05, 0) is 25.7 Å². The molecule has 0 fully saturated rings. The minimum Gasteiger partial charge on any atom is -0.469 e. The van der Waals surface area contributed by atoms with Crippen LogP contribution in [0.2, 0.25) is 0 Å². The van der Waals surface area contributed by atoms with Crippen molar-refractivity contribution >= 4 is 5.97 Å². The Bertz CT molecular complexity index is 220. The van der Waals surface area contributed by atoms with Gasteiger partial charge in [0, 0.05) is 0 Å². The summed E-state index contributed by atoms with van der Waals surface area (Å²) in [7, 11) is 1.38. The van der Waals surface area contributed by atoms with E-state index in [9.17, 15) is 9.90 Å². The standard InChI is InChI=1S/C10H16O3/c1-7-3-4-9(11)8(5-7)6-10(12)13-2/h3,8-9,11H,4-6H2,1-2H3/t8-,9+/m0/s1. The second-order valence-electron chi connectivity index (χ2n) is 3.60. The Hall–Kier alpha value is -0.830. The van der Waals surface area contributed by atoms with E-state index in [-0.39, 0.29) is 18.0 Å². The summed E-state index contributed by atoms with van der Waals surface area (Å²) >= 11 is 0. The number of hydrogen-bond donors (Lipinski definition) is 1. The summed E-state index contributed by atoms with van der Waals surface area (Å²) in [6.45, 7) is 2.02. The molecule has 13 heavy (non-hydrogen) atoms. The first-order valence-electron chi connectivity index (χ1n) is 4.54. The summed E-state index contributed by atoms with van der Waals surface area (Å²) in [5.41, 5.74) is 1.25. The van der Waals surface area contributed by atoms with Gasteiger partial charge >= 0.3 is 5.97 Å². The second-order valence-corrected chi connectivity index (χ2v) is 3.60. The van der Waals surface area contributed by atoms with E-state index in [0.717, 1.165) is 6.42 Å². The Morgan fingerprint density at radius 2 is 2.46 bits per heavy atom. The van der Waals surface area contributed by atoms with Gasteiger partial charge in [-0.1, -0.05) is 11.6 Å². The van der Waals surface area contributed by atoms with Gasteiger partial charge in [0.2, 0.25) is 0 Å². The van der Waals surface area contributed by atoms with Crippen molar-refractivity contribution in [2.45, 2.75) is 32.3 Å². The molecule has 0 radical (unpaired) electrons. The molecule has 0 aliphatic heterocycles.